The maximum absolute atomic E-state index is 14.3. The van der Waals surface area contributed by atoms with Gasteiger partial charge in [-0.15, -0.1) is 11.3 Å². The summed E-state index contributed by atoms with van der Waals surface area (Å²) < 4.78 is 28.6. The summed E-state index contributed by atoms with van der Waals surface area (Å²) in [7, 11) is 0. The van der Waals surface area contributed by atoms with Crippen molar-refractivity contribution in [2.75, 3.05) is 0 Å². The first-order valence-electron chi connectivity index (χ1n) is 9.15. The topological polar surface area (TPSA) is 32.3 Å². The third-order valence-electron chi connectivity index (χ3n) is 4.95. The van der Waals surface area contributed by atoms with Crippen molar-refractivity contribution in [2.45, 2.75) is 64.2 Å². The van der Waals surface area contributed by atoms with E-state index in [-0.39, 0.29) is 17.1 Å². The molecule has 146 valence electrons. The van der Waals surface area contributed by atoms with Gasteiger partial charge < -0.3 is 10.2 Å². The van der Waals surface area contributed by atoms with Crippen LogP contribution in [-0.2, 0) is 6.54 Å². The van der Waals surface area contributed by atoms with Crippen molar-refractivity contribution in [2.24, 2.45) is 0 Å². The largest absolute Gasteiger partial charge is 0.330 e. The Morgan fingerprint density at radius 1 is 1.11 bits per heavy atom. The molecule has 1 aliphatic rings. The maximum Gasteiger partial charge on any atom is 0.260 e. The van der Waals surface area contributed by atoms with Gasteiger partial charge in [0.2, 0.25) is 0 Å². The number of hydrogen-bond donors (Lipinski definition) is 1. The molecule has 3 rings (SSSR count). The molecule has 2 heterocycles. The molecular weight excluding hydrogens is 366 g/mol. The smallest absolute Gasteiger partial charge is 0.260 e. The van der Waals surface area contributed by atoms with E-state index in [0.717, 1.165) is 17.0 Å². The van der Waals surface area contributed by atoms with E-state index in [0.29, 0.717) is 19.4 Å². The number of hydrogen-bond acceptors (Lipinski definition) is 3. The molecule has 27 heavy (non-hydrogen) atoms. The fourth-order valence-electron chi connectivity index (χ4n) is 4.27. The summed E-state index contributed by atoms with van der Waals surface area (Å²) >= 11 is 1.54. The van der Waals surface area contributed by atoms with Gasteiger partial charge in [0.05, 0.1) is 6.54 Å². The molecule has 0 atom stereocenters. The minimum absolute atomic E-state index is 0.121. The van der Waals surface area contributed by atoms with Crippen LogP contribution in [0.25, 0.3) is 0 Å². The number of carbonyl (C=O) groups excluding carboxylic acids is 1. The molecule has 0 bridgehead atoms. The van der Waals surface area contributed by atoms with Crippen LogP contribution < -0.4 is 5.32 Å². The summed E-state index contributed by atoms with van der Waals surface area (Å²) in [6.45, 7) is 8.73. The van der Waals surface area contributed by atoms with Gasteiger partial charge >= 0.3 is 0 Å². The van der Waals surface area contributed by atoms with Crippen LogP contribution in [0.2, 0.25) is 0 Å². The second kappa shape index (κ2) is 7.32. The van der Waals surface area contributed by atoms with Crippen LogP contribution >= 0.6 is 11.3 Å². The van der Waals surface area contributed by atoms with E-state index in [4.69, 9.17) is 0 Å². The molecule has 1 aromatic carbocycles. The highest BCUT2D eigenvalue weighted by atomic mass is 32.1. The first-order valence-corrected chi connectivity index (χ1v) is 10.0. The Morgan fingerprint density at radius 2 is 1.70 bits per heavy atom. The van der Waals surface area contributed by atoms with Crippen LogP contribution in [0.15, 0.2) is 35.7 Å². The minimum atomic E-state index is -0.816. The zero-order valence-electron chi connectivity index (χ0n) is 16.2. The SMILES string of the molecule is CC1(C)CC(N(Cc2cccs2)C(=O)c2c(F)cccc2F)CC(C)(C)N1. The van der Waals surface area contributed by atoms with Gasteiger partial charge in [-0.3, -0.25) is 4.79 Å². The molecule has 0 unspecified atom stereocenters. The van der Waals surface area contributed by atoms with E-state index in [1.165, 1.54) is 17.4 Å². The molecule has 0 spiro atoms. The summed E-state index contributed by atoms with van der Waals surface area (Å²) in [5.74, 6) is -2.22. The van der Waals surface area contributed by atoms with Gasteiger partial charge in [-0.05, 0) is 64.1 Å². The van der Waals surface area contributed by atoms with E-state index in [2.05, 4.69) is 33.0 Å². The van der Waals surface area contributed by atoms with Gasteiger partial charge in [-0.25, -0.2) is 8.78 Å². The number of halogens is 2. The number of nitrogens with zero attached hydrogens (tertiary/aromatic N) is 1. The second-order valence-electron chi connectivity index (χ2n) is 8.56. The minimum Gasteiger partial charge on any atom is -0.330 e. The summed E-state index contributed by atoms with van der Waals surface area (Å²) in [6.07, 6.45) is 1.42. The summed E-state index contributed by atoms with van der Waals surface area (Å²) in [5, 5.41) is 5.54. The Balaban J connectivity index is 1.99. The monoisotopic (exact) mass is 392 g/mol. The van der Waals surface area contributed by atoms with E-state index < -0.39 is 23.1 Å². The van der Waals surface area contributed by atoms with Crippen molar-refractivity contribution >= 4 is 17.2 Å². The molecule has 1 N–H and O–H groups in total. The Kier molecular flexibility index (Phi) is 5.41. The lowest BCUT2D eigenvalue weighted by Crippen LogP contribution is -2.62. The van der Waals surface area contributed by atoms with Crippen molar-refractivity contribution < 1.29 is 13.6 Å². The molecule has 3 nitrogen and oxygen atoms in total. The molecule has 6 heteroatoms. The quantitative estimate of drug-likeness (QED) is 0.796. The molecule has 1 saturated heterocycles. The zero-order valence-corrected chi connectivity index (χ0v) is 17.0. The van der Waals surface area contributed by atoms with Crippen LogP contribution in [0.3, 0.4) is 0 Å². The summed E-state index contributed by atoms with van der Waals surface area (Å²) in [4.78, 5) is 15.9. The molecular formula is C21H26F2N2OS. The summed E-state index contributed by atoms with van der Waals surface area (Å²) in [6, 6.07) is 7.29. The molecule has 1 aromatic heterocycles. The number of thiophene rings is 1. The highest BCUT2D eigenvalue weighted by Crippen LogP contribution is 2.34. The first kappa shape index (κ1) is 20.0. The number of carbonyl (C=O) groups is 1. The molecule has 0 saturated carbocycles. The lowest BCUT2D eigenvalue weighted by molar-refractivity contribution is 0.0415. The van der Waals surface area contributed by atoms with Crippen molar-refractivity contribution in [1.82, 2.24) is 10.2 Å². The fourth-order valence-corrected chi connectivity index (χ4v) is 4.97. The van der Waals surface area contributed by atoms with Crippen molar-refractivity contribution in [3.05, 3.63) is 57.8 Å². The van der Waals surface area contributed by atoms with Crippen molar-refractivity contribution in [3.63, 3.8) is 0 Å². The molecule has 0 radical (unpaired) electrons. The highest BCUT2D eigenvalue weighted by Gasteiger charge is 2.42. The highest BCUT2D eigenvalue weighted by molar-refractivity contribution is 7.09. The number of rotatable bonds is 4. The third-order valence-corrected chi connectivity index (χ3v) is 5.81. The molecule has 2 aromatic rings. The number of benzene rings is 1. The molecule has 0 aliphatic carbocycles. The lowest BCUT2D eigenvalue weighted by Gasteiger charge is -2.49. The molecule has 1 fully saturated rings. The van der Waals surface area contributed by atoms with Gasteiger partial charge in [0, 0.05) is 22.0 Å². The van der Waals surface area contributed by atoms with Crippen LogP contribution in [0.1, 0.15) is 55.8 Å². The van der Waals surface area contributed by atoms with Gasteiger partial charge in [0.25, 0.3) is 5.91 Å². The predicted octanol–water partition coefficient (Wildman–Crippen LogP) is 4.98. The predicted molar refractivity (Wildman–Crippen MR) is 105 cm³/mol. The number of nitrogens with one attached hydrogen (secondary N) is 1. The first-order chi connectivity index (χ1) is 12.6. The normalized spacial score (nSPS) is 19.0. The maximum atomic E-state index is 14.3. The zero-order chi connectivity index (χ0) is 19.8. The molecule has 1 amide bonds. The lowest BCUT2D eigenvalue weighted by atomic mass is 9.79. The van der Waals surface area contributed by atoms with Gasteiger partial charge in [0.1, 0.15) is 17.2 Å². The standard InChI is InChI=1S/C21H26F2N2OS/c1-20(2)11-14(12-21(3,4)24-20)25(13-15-7-6-10-27-15)19(26)18-16(22)8-5-9-17(18)23/h5-10,14,24H,11-13H2,1-4H3. The van der Waals surface area contributed by atoms with Crippen LogP contribution in [0, 0.1) is 11.6 Å². The number of piperidine rings is 1. The van der Waals surface area contributed by atoms with Crippen LogP contribution in [-0.4, -0.2) is 27.9 Å². The average molecular weight is 393 g/mol. The third kappa shape index (κ3) is 4.55. The van der Waals surface area contributed by atoms with E-state index in [1.54, 1.807) is 4.90 Å². The van der Waals surface area contributed by atoms with E-state index in [1.807, 2.05) is 17.5 Å². The Bertz CT molecular complexity index is 781. The van der Waals surface area contributed by atoms with Crippen LogP contribution in [0.5, 0.6) is 0 Å². The molecule has 1 aliphatic heterocycles. The second-order valence-corrected chi connectivity index (χ2v) is 9.60. The fraction of sp³-hybridized carbons (Fsp3) is 0.476. The summed E-state index contributed by atoms with van der Waals surface area (Å²) in [5.41, 5.74) is -0.842. The van der Waals surface area contributed by atoms with Crippen LogP contribution in [0.4, 0.5) is 8.78 Å². The van der Waals surface area contributed by atoms with Gasteiger partial charge in [-0.2, -0.15) is 0 Å². The Labute approximate surface area is 163 Å². The van der Waals surface area contributed by atoms with Crippen molar-refractivity contribution in [3.8, 4) is 0 Å². The number of amides is 1. The van der Waals surface area contributed by atoms with Gasteiger partial charge in [0.15, 0.2) is 0 Å². The Hall–Kier alpha value is -1.79. The van der Waals surface area contributed by atoms with Gasteiger partial charge in [-0.1, -0.05) is 12.1 Å². The van der Waals surface area contributed by atoms with E-state index in [9.17, 15) is 13.6 Å². The average Bonchev–Trinajstić information content (AvgIpc) is 3.02. The van der Waals surface area contributed by atoms with Crippen molar-refractivity contribution in [1.29, 1.82) is 0 Å². The van der Waals surface area contributed by atoms with E-state index >= 15 is 0 Å². The Morgan fingerprint density at radius 3 is 2.22 bits per heavy atom.